The second kappa shape index (κ2) is 5.35. The summed E-state index contributed by atoms with van der Waals surface area (Å²) in [5.41, 5.74) is 0.0934. The smallest absolute Gasteiger partial charge is 0.422 e. The van der Waals surface area contributed by atoms with Gasteiger partial charge in [0.15, 0.2) is 6.61 Å². The lowest BCUT2D eigenvalue weighted by Crippen LogP contribution is -2.19. The van der Waals surface area contributed by atoms with Gasteiger partial charge in [-0.3, -0.25) is 10.1 Å². The van der Waals surface area contributed by atoms with Crippen molar-refractivity contribution in [3.05, 3.63) is 33.9 Å². The van der Waals surface area contributed by atoms with E-state index in [1.165, 1.54) is 12.1 Å². The number of alkyl halides is 4. The number of nitro groups is 1. The number of benzene rings is 1. The first kappa shape index (κ1) is 13.8. The second-order valence-corrected chi connectivity index (χ2v) is 3.65. The van der Waals surface area contributed by atoms with Gasteiger partial charge in [0.2, 0.25) is 0 Å². The molecule has 94 valence electrons. The fourth-order valence-electron chi connectivity index (χ4n) is 1.08. The Morgan fingerprint density at radius 3 is 2.53 bits per heavy atom. The van der Waals surface area contributed by atoms with Gasteiger partial charge in [-0.05, 0) is 12.1 Å². The van der Waals surface area contributed by atoms with Crippen molar-refractivity contribution in [1.82, 2.24) is 0 Å². The van der Waals surface area contributed by atoms with Crippen molar-refractivity contribution in [1.29, 1.82) is 0 Å². The van der Waals surface area contributed by atoms with E-state index < -0.39 is 17.7 Å². The molecular formula is C9H7BrF3NO3. The number of hydrogen-bond donors (Lipinski definition) is 0. The molecule has 0 aromatic heterocycles. The molecule has 0 saturated carbocycles. The van der Waals surface area contributed by atoms with Crippen LogP contribution in [-0.4, -0.2) is 17.7 Å². The molecule has 0 aliphatic carbocycles. The van der Waals surface area contributed by atoms with Crippen molar-refractivity contribution in [3.63, 3.8) is 0 Å². The number of ether oxygens (including phenoxy) is 1. The van der Waals surface area contributed by atoms with Gasteiger partial charge in [-0.25, -0.2) is 0 Å². The first-order valence-electron chi connectivity index (χ1n) is 4.36. The number of halogens is 4. The van der Waals surface area contributed by atoms with Crippen LogP contribution in [0.15, 0.2) is 18.2 Å². The van der Waals surface area contributed by atoms with Gasteiger partial charge in [0, 0.05) is 10.9 Å². The predicted molar refractivity (Wildman–Crippen MR) is 57.3 cm³/mol. The van der Waals surface area contributed by atoms with Crippen LogP contribution in [-0.2, 0) is 5.33 Å². The molecule has 0 saturated heterocycles. The molecule has 0 N–H and O–H groups in total. The summed E-state index contributed by atoms with van der Waals surface area (Å²) in [6.07, 6.45) is -4.47. The zero-order valence-corrected chi connectivity index (χ0v) is 9.92. The van der Waals surface area contributed by atoms with Crippen LogP contribution in [0.25, 0.3) is 0 Å². The Bertz CT molecular complexity index is 422. The third-order valence-corrected chi connectivity index (χ3v) is 2.40. The standard InChI is InChI=1S/C9H7BrF3NO3/c10-4-6-1-2-7(3-8(6)14(15)16)17-5-9(11,12)13/h1-3H,4-5H2. The van der Waals surface area contributed by atoms with Crippen LogP contribution in [0.1, 0.15) is 5.56 Å². The quantitative estimate of drug-likeness (QED) is 0.486. The highest BCUT2D eigenvalue weighted by atomic mass is 79.9. The predicted octanol–water partition coefficient (Wildman–Crippen LogP) is 3.43. The van der Waals surface area contributed by atoms with Crippen LogP contribution < -0.4 is 4.74 Å². The maximum absolute atomic E-state index is 11.9. The van der Waals surface area contributed by atoms with Crippen LogP contribution in [0.2, 0.25) is 0 Å². The Morgan fingerprint density at radius 1 is 1.41 bits per heavy atom. The molecule has 1 aromatic rings. The fourth-order valence-corrected chi connectivity index (χ4v) is 1.56. The van der Waals surface area contributed by atoms with Crippen LogP contribution in [0.3, 0.4) is 0 Å². The zero-order valence-electron chi connectivity index (χ0n) is 8.33. The number of rotatable bonds is 4. The topological polar surface area (TPSA) is 52.4 Å². The first-order chi connectivity index (χ1) is 7.83. The molecule has 1 rings (SSSR count). The molecule has 0 spiro atoms. The largest absolute Gasteiger partial charge is 0.484 e. The van der Waals surface area contributed by atoms with Gasteiger partial charge in [-0.2, -0.15) is 13.2 Å². The Balaban J connectivity index is 2.89. The minimum atomic E-state index is -4.47. The third-order valence-electron chi connectivity index (χ3n) is 1.80. The number of nitro benzene ring substituents is 1. The van der Waals surface area contributed by atoms with E-state index in [1.54, 1.807) is 0 Å². The summed E-state index contributed by atoms with van der Waals surface area (Å²) < 4.78 is 40.1. The van der Waals surface area contributed by atoms with Gasteiger partial charge in [0.25, 0.3) is 5.69 Å². The molecule has 17 heavy (non-hydrogen) atoms. The van der Waals surface area contributed by atoms with E-state index in [4.69, 9.17) is 0 Å². The molecule has 0 aliphatic heterocycles. The summed E-state index contributed by atoms with van der Waals surface area (Å²) in [6.45, 7) is -1.47. The molecule has 8 heteroatoms. The lowest BCUT2D eigenvalue weighted by atomic mass is 10.2. The van der Waals surface area contributed by atoms with E-state index in [0.29, 0.717) is 5.56 Å². The average molecular weight is 314 g/mol. The summed E-state index contributed by atoms with van der Waals surface area (Å²) in [4.78, 5) is 9.97. The Morgan fingerprint density at radius 2 is 2.06 bits per heavy atom. The molecule has 0 radical (unpaired) electrons. The van der Waals surface area contributed by atoms with E-state index in [1.807, 2.05) is 0 Å². The molecule has 0 fully saturated rings. The van der Waals surface area contributed by atoms with E-state index in [9.17, 15) is 23.3 Å². The maximum Gasteiger partial charge on any atom is 0.422 e. The van der Waals surface area contributed by atoms with Crippen molar-refractivity contribution >= 4 is 21.6 Å². The van der Waals surface area contributed by atoms with Crippen LogP contribution in [0.5, 0.6) is 5.75 Å². The van der Waals surface area contributed by atoms with Crippen molar-refractivity contribution in [2.45, 2.75) is 11.5 Å². The fraction of sp³-hybridized carbons (Fsp3) is 0.333. The number of nitrogens with zero attached hydrogens (tertiary/aromatic N) is 1. The van der Waals surface area contributed by atoms with Gasteiger partial charge in [-0.1, -0.05) is 15.9 Å². The molecule has 0 atom stereocenters. The Hall–Kier alpha value is -1.31. The van der Waals surface area contributed by atoms with E-state index in [-0.39, 0.29) is 16.8 Å². The minimum Gasteiger partial charge on any atom is -0.484 e. The molecule has 0 amide bonds. The molecule has 0 aliphatic rings. The average Bonchev–Trinajstić information content (AvgIpc) is 2.25. The Labute approximate surface area is 103 Å². The van der Waals surface area contributed by atoms with Crippen molar-refractivity contribution < 1.29 is 22.8 Å². The molecule has 4 nitrogen and oxygen atoms in total. The second-order valence-electron chi connectivity index (χ2n) is 3.09. The van der Waals surface area contributed by atoms with Gasteiger partial charge in [-0.15, -0.1) is 0 Å². The van der Waals surface area contributed by atoms with Gasteiger partial charge in [0.05, 0.1) is 11.0 Å². The minimum absolute atomic E-state index is 0.182. The summed E-state index contributed by atoms with van der Waals surface area (Å²) in [6, 6.07) is 3.58. The van der Waals surface area contributed by atoms with Crippen molar-refractivity contribution in [3.8, 4) is 5.75 Å². The van der Waals surface area contributed by atoms with Crippen molar-refractivity contribution in [2.75, 3.05) is 6.61 Å². The molecule has 0 heterocycles. The highest BCUT2D eigenvalue weighted by molar-refractivity contribution is 9.08. The van der Waals surface area contributed by atoms with Gasteiger partial charge >= 0.3 is 6.18 Å². The molecule has 1 aromatic carbocycles. The third kappa shape index (κ3) is 4.22. The van der Waals surface area contributed by atoms with Gasteiger partial charge < -0.3 is 4.74 Å². The maximum atomic E-state index is 11.9. The summed E-state index contributed by atoms with van der Waals surface area (Å²) in [5, 5.41) is 10.9. The highest BCUT2D eigenvalue weighted by Crippen LogP contribution is 2.27. The summed E-state index contributed by atoms with van der Waals surface area (Å²) >= 11 is 3.05. The zero-order chi connectivity index (χ0) is 13.1. The van der Waals surface area contributed by atoms with Crippen LogP contribution in [0.4, 0.5) is 18.9 Å². The van der Waals surface area contributed by atoms with Crippen molar-refractivity contribution in [2.24, 2.45) is 0 Å². The van der Waals surface area contributed by atoms with E-state index in [2.05, 4.69) is 20.7 Å². The lowest BCUT2D eigenvalue weighted by Gasteiger charge is -2.09. The number of hydrogen-bond acceptors (Lipinski definition) is 3. The summed E-state index contributed by atoms with van der Waals surface area (Å²) in [7, 11) is 0. The Kier molecular flexibility index (Phi) is 4.33. The normalized spacial score (nSPS) is 11.3. The monoisotopic (exact) mass is 313 g/mol. The molecule has 0 bridgehead atoms. The van der Waals surface area contributed by atoms with Crippen LogP contribution in [0, 0.1) is 10.1 Å². The first-order valence-corrected chi connectivity index (χ1v) is 5.48. The summed E-state index contributed by atoms with van der Waals surface area (Å²) in [5.74, 6) is -0.182. The highest BCUT2D eigenvalue weighted by Gasteiger charge is 2.28. The van der Waals surface area contributed by atoms with E-state index in [0.717, 1.165) is 6.07 Å². The van der Waals surface area contributed by atoms with Crippen LogP contribution >= 0.6 is 15.9 Å². The molecule has 0 unspecified atom stereocenters. The lowest BCUT2D eigenvalue weighted by molar-refractivity contribution is -0.385. The SMILES string of the molecule is O=[N+]([O-])c1cc(OCC(F)(F)F)ccc1CBr. The van der Waals surface area contributed by atoms with Gasteiger partial charge in [0.1, 0.15) is 5.75 Å². The van der Waals surface area contributed by atoms with E-state index >= 15 is 0 Å². The molecular weight excluding hydrogens is 307 g/mol.